The number of aromatic nitrogens is 5. The second-order valence-corrected chi connectivity index (χ2v) is 14.4. The molecule has 2 fully saturated rings. The van der Waals surface area contributed by atoms with Crippen LogP contribution in [0.25, 0.3) is 22.0 Å². The fourth-order valence-electron chi connectivity index (χ4n) is 7.87. The average molecular weight is 703 g/mol. The first kappa shape index (κ1) is 34.9. The molecule has 2 bridgehead atoms. The predicted molar refractivity (Wildman–Crippen MR) is 182 cm³/mol. The van der Waals surface area contributed by atoms with Gasteiger partial charge in [-0.25, -0.2) is 15.0 Å². The fourth-order valence-corrected chi connectivity index (χ4v) is 7.87. The number of amides is 1. The molecule has 4 aromatic rings. The van der Waals surface area contributed by atoms with Crippen LogP contribution in [0.1, 0.15) is 90.7 Å². The summed E-state index contributed by atoms with van der Waals surface area (Å²) < 4.78 is 48.3. The van der Waals surface area contributed by atoms with Gasteiger partial charge >= 0.3 is 6.18 Å². The molecular weight excluding hydrogens is 661 g/mol. The monoisotopic (exact) mass is 702 g/mol. The Morgan fingerprint density at radius 2 is 1.75 bits per heavy atom. The number of halogens is 3. The van der Waals surface area contributed by atoms with Crippen LogP contribution in [-0.4, -0.2) is 72.4 Å². The van der Waals surface area contributed by atoms with E-state index in [0.717, 1.165) is 54.9 Å². The summed E-state index contributed by atoms with van der Waals surface area (Å²) in [7, 11) is 0. The number of Topliss-reactive ketones (excluding diaryl/α,β-unsaturated/α-hetero) is 2. The minimum atomic E-state index is -4.65. The Morgan fingerprint density at radius 3 is 2.49 bits per heavy atom. The lowest BCUT2D eigenvalue weighted by Crippen LogP contribution is -2.45. The number of benzene rings is 1. The number of nitrogens with zero attached hydrogens (tertiary/aromatic N) is 6. The van der Waals surface area contributed by atoms with Gasteiger partial charge in [-0.05, 0) is 80.8 Å². The van der Waals surface area contributed by atoms with E-state index in [0.29, 0.717) is 54.8 Å². The largest absolute Gasteiger partial charge is 0.433 e. The predicted octanol–water partition coefficient (Wildman–Crippen LogP) is 6.42. The van der Waals surface area contributed by atoms with Crippen LogP contribution in [0.4, 0.5) is 13.2 Å². The molecule has 268 valence electrons. The normalized spacial score (nSPS) is 22.9. The first-order chi connectivity index (χ1) is 24.3. The van der Waals surface area contributed by atoms with Crippen LogP contribution in [-0.2, 0) is 39.9 Å². The number of ketones is 2. The van der Waals surface area contributed by atoms with Crippen molar-refractivity contribution in [1.82, 2.24) is 29.6 Å². The Morgan fingerprint density at radius 1 is 1.00 bits per heavy atom. The summed E-state index contributed by atoms with van der Waals surface area (Å²) in [5.74, 6) is -0.296. The summed E-state index contributed by atoms with van der Waals surface area (Å²) in [6.07, 6.45) is 5.11. The first-order valence-corrected chi connectivity index (χ1v) is 17.6. The van der Waals surface area contributed by atoms with E-state index in [1.165, 1.54) is 13.0 Å². The number of carbonyl (C=O) groups is 3. The van der Waals surface area contributed by atoms with Crippen molar-refractivity contribution in [2.24, 2.45) is 5.41 Å². The highest BCUT2D eigenvalue weighted by molar-refractivity contribution is 6.07. The zero-order valence-corrected chi connectivity index (χ0v) is 29.1. The lowest BCUT2D eigenvalue weighted by Gasteiger charge is -2.27. The van der Waals surface area contributed by atoms with Crippen LogP contribution < -0.4 is 0 Å². The summed E-state index contributed by atoms with van der Waals surface area (Å²) >= 11 is 0. The summed E-state index contributed by atoms with van der Waals surface area (Å²) in [6, 6.07) is 5.09. The van der Waals surface area contributed by atoms with E-state index in [1.807, 2.05) is 13.0 Å². The second-order valence-electron chi connectivity index (χ2n) is 14.4. The molecule has 10 nitrogen and oxygen atoms in total. The van der Waals surface area contributed by atoms with Crippen LogP contribution >= 0.6 is 0 Å². The summed E-state index contributed by atoms with van der Waals surface area (Å²) in [4.78, 5) is 55.6. The molecule has 51 heavy (non-hydrogen) atoms. The van der Waals surface area contributed by atoms with Crippen molar-refractivity contribution >= 4 is 28.4 Å². The van der Waals surface area contributed by atoms with Gasteiger partial charge in [-0.2, -0.15) is 18.3 Å². The van der Waals surface area contributed by atoms with Crippen molar-refractivity contribution in [2.75, 3.05) is 13.2 Å². The molecule has 2 aliphatic heterocycles. The van der Waals surface area contributed by atoms with E-state index in [1.54, 1.807) is 28.9 Å². The fraction of sp³-hybridized carbons (Fsp3) is 0.500. The maximum absolute atomic E-state index is 14.4. The third kappa shape index (κ3) is 6.92. The van der Waals surface area contributed by atoms with Gasteiger partial charge < -0.3 is 9.64 Å². The number of alkyl halides is 3. The molecule has 0 unspecified atom stereocenters. The highest BCUT2D eigenvalue weighted by Gasteiger charge is 2.67. The number of aryl methyl sites for hydroxylation is 3. The molecule has 1 aliphatic carbocycles. The van der Waals surface area contributed by atoms with E-state index in [-0.39, 0.29) is 47.9 Å². The standard InChI is InChI=1S/C38H41F3N6O4/c1-22-10-11-32(38(39,40)41)44-29(22)15-31(49)30-16-37-17-33(37)47(30)34(50)20-46-36-25(9-7-5-4-6-8-12-51-21-37)13-26(27-18-42-24(3)43-19-27)14-28(36)35(45-46)23(2)48/h10-11,13-14,18-19,30,33H,4-9,12,15-17,20-21H2,1-3H3/t30-,33+,37-/m0/s1. The second kappa shape index (κ2) is 13.6. The zero-order chi connectivity index (χ0) is 36.1. The van der Waals surface area contributed by atoms with Gasteiger partial charge in [0.05, 0.1) is 30.3 Å². The molecule has 1 aromatic carbocycles. The summed E-state index contributed by atoms with van der Waals surface area (Å²) in [5.41, 5.74) is 2.61. The summed E-state index contributed by atoms with van der Waals surface area (Å²) in [6.45, 7) is 5.67. The molecule has 0 N–H and O–H groups in total. The van der Waals surface area contributed by atoms with Gasteiger partial charge in [0.2, 0.25) is 5.91 Å². The van der Waals surface area contributed by atoms with Crippen molar-refractivity contribution < 1.29 is 32.3 Å². The van der Waals surface area contributed by atoms with Crippen LogP contribution in [0.2, 0.25) is 0 Å². The third-order valence-corrected chi connectivity index (χ3v) is 10.7. The number of rotatable bonds is 5. The lowest BCUT2D eigenvalue weighted by atomic mass is 9.95. The summed E-state index contributed by atoms with van der Waals surface area (Å²) in [5, 5.41) is 5.34. The molecule has 5 heterocycles. The molecule has 7 rings (SSSR count). The van der Waals surface area contributed by atoms with Gasteiger partial charge in [0, 0.05) is 48.3 Å². The number of hydrogen-bond donors (Lipinski definition) is 0. The molecule has 1 saturated carbocycles. The molecular formula is C38H41F3N6O4. The number of piperidine rings is 1. The zero-order valence-electron chi connectivity index (χ0n) is 29.1. The maximum Gasteiger partial charge on any atom is 0.433 e. The highest BCUT2D eigenvalue weighted by Crippen LogP contribution is 2.60. The molecule has 3 aliphatic rings. The minimum absolute atomic E-state index is 0.0474. The van der Waals surface area contributed by atoms with Crippen molar-refractivity contribution in [3.8, 4) is 11.1 Å². The molecule has 3 aromatic heterocycles. The Labute approximate surface area is 293 Å². The quantitative estimate of drug-likeness (QED) is 0.219. The number of carbonyl (C=O) groups excluding carboxylic acids is 3. The SMILES string of the molecule is CC(=O)c1nn2c3c(cc(-c4cnc(C)nc4)cc13)CCCCCCCOC[C@@]13C[C@@H](C(=O)Cc4nc(C(F)(F)F)ccc4C)N(C(=O)C2)[C@@H]1C3. The molecule has 1 saturated heterocycles. The van der Waals surface area contributed by atoms with E-state index in [9.17, 15) is 27.6 Å². The smallest absolute Gasteiger partial charge is 0.381 e. The van der Waals surface area contributed by atoms with Gasteiger partial charge in [-0.15, -0.1) is 0 Å². The average Bonchev–Trinajstić information content (AvgIpc) is 3.48. The third-order valence-electron chi connectivity index (χ3n) is 10.7. The van der Waals surface area contributed by atoms with E-state index >= 15 is 0 Å². The Bertz CT molecular complexity index is 2010. The Hall–Kier alpha value is -4.52. The van der Waals surface area contributed by atoms with Crippen LogP contribution in [0.3, 0.4) is 0 Å². The number of pyridine rings is 1. The molecule has 0 spiro atoms. The van der Waals surface area contributed by atoms with E-state index < -0.39 is 23.3 Å². The van der Waals surface area contributed by atoms with Crippen molar-refractivity contribution in [1.29, 1.82) is 0 Å². The van der Waals surface area contributed by atoms with E-state index in [2.05, 4.69) is 21.0 Å². The molecule has 1 amide bonds. The minimum Gasteiger partial charge on any atom is -0.381 e. The van der Waals surface area contributed by atoms with Gasteiger partial charge in [0.15, 0.2) is 11.6 Å². The van der Waals surface area contributed by atoms with Crippen LogP contribution in [0.15, 0.2) is 36.7 Å². The Balaban J connectivity index is 1.27. The first-order valence-electron chi connectivity index (χ1n) is 17.6. The lowest BCUT2D eigenvalue weighted by molar-refractivity contribution is -0.141. The van der Waals surface area contributed by atoms with Gasteiger partial charge in [0.25, 0.3) is 0 Å². The van der Waals surface area contributed by atoms with Crippen molar-refractivity contribution in [3.63, 3.8) is 0 Å². The maximum atomic E-state index is 14.4. The van der Waals surface area contributed by atoms with Gasteiger partial charge in [-0.3, -0.25) is 19.1 Å². The van der Waals surface area contributed by atoms with Crippen molar-refractivity contribution in [3.05, 3.63) is 70.7 Å². The topological polar surface area (TPSA) is 120 Å². The van der Waals surface area contributed by atoms with Crippen LogP contribution in [0, 0.1) is 19.3 Å². The van der Waals surface area contributed by atoms with Gasteiger partial charge in [0.1, 0.15) is 23.8 Å². The number of ether oxygens (including phenoxy) is 1. The van der Waals surface area contributed by atoms with Gasteiger partial charge in [-0.1, -0.05) is 25.3 Å². The highest BCUT2D eigenvalue weighted by atomic mass is 19.4. The van der Waals surface area contributed by atoms with Crippen LogP contribution in [0.5, 0.6) is 0 Å². The molecule has 3 atom stereocenters. The Kier molecular flexibility index (Phi) is 9.28. The number of hydrogen-bond acceptors (Lipinski definition) is 8. The molecule has 13 heteroatoms. The van der Waals surface area contributed by atoms with Crippen molar-refractivity contribution in [2.45, 2.75) is 103 Å². The molecule has 0 radical (unpaired) electrons. The van der Waals surface area contributed by atoms with E-state index in [4.69, 9.17) is 9.84 Å².